The maximum Gasteiger partial charge on any atom is 0.342 e. The Morgan fingerprint density at radius 3 is 2.40 bits per heavy atom. The van der Waals surface area contributed by atoms with Crippen molar-refractivity contribution in [2.75, 3.05) is 26.9 Å². The lowest BCUT2D eigenvalue weighted by Gasteiger charge is -2.16. The monoisotopic (exact) mass is 425 g/mol. The van der Waals surface area contributed by atoms with Crippen LogP contribution in [0.2, 0.25) is 0 Å². The Kier molecular flexibility index (Phi) is 7.86. The molecule has 7 heteroatoms. The fraction of sp³-hybridized carbons (Fsp3) is 0.217. The molecule has 0 fully saturated rings. The van der Waals surface area contributed by atoms with Gasteiger partial charge in [0.25, 0.3) is 5.91 Å². The van der Waals surface area contributed by atoms with E-state index < -0.39 is 5.97 Å². The van der Waals surface area contributed by atoms with Crippen LogP contribution in [0.5, 0.6) is 11.5 Å². The van der Waals surface area contributed by atoms with Crippen molar-refractivity contribution in [2.24, 2.45) is 0 Å². The molecule has 1 aromatic heterocycles. The summed E-state index contributed by atoms with van der Waals surface area (Å²) in [5.41, 5.74) is 0.269. The molecule has 0 bridgehead atoms. The van der Waals surface area contributed by atoms with E-state index in [9.17, 15) is 9.59 Å². The van der Waals surface area contributed by atoms with Crippen molar-refractivity contribution in [1.82, 2.24) is 4.90 Å². The van der Waals surface area contributed by atoms with Crippen LogP contribution in [0.3, 0.4) is 0 Å². The normalized spacial score (nSPS) is 10.3. The van der Waals surface area contributed by atoms with Gasteiger partial charge in [-0.05, 0) is 35.7 Å². The molecular formula is C23H23NO5S. The van der Waals surface area contributed by atoms with Crippen LogP contribution in [0.4, 0.5) is 0 Å². The Balaban J connectivity index is 1.47. The third kappa shape index (κ3) is 6.35. The number of nitrogens with zero attached hydrogens (tertiary/aromatic N) is 1. The van der Waals surface area contributed by atoms with Crippen LogP contribution in [0.1, 0.15) is 15.2 Å². The van der Waals surface area contributed by atoms with Crippen LogP contribution in [-0.2, 0) is 16.1 Å². The lowest BCUT2D eigenvalue weighted by Crippen LogP contribution is -2.30. The summed E-state index contributed by atoms with van der Waals surface area (Å²) in [6.45, 7) is 0.752. The molecule has 6 nitrogen and oxygen atoms in total. The van der Waals surface area contributed by atoms with Gasteiger partial charge in [-0.3, -0.25) is 4.79 Å². The minimum Gasteiger partial charge on any atom is -0.490 e. The molecule has 0 atom stereocenters. The number of thiophene rings is 1. The van der Waals surface area contributed by atoms with E-state index in [1.165, 1.54) is 4.90 Å². The number of para-hydroxylation sites is 2. The van der Waals surface area contributed by atoms with Gasteiger partial charge in [-0.15, -0.1) is 11.3 Å². The third-order valence-electron chi connectivity index (χ3n) is 4.19. The summed E-state index contributed by atoms with van der Waals surface area (Å²) < 4.78 is 16.5. The first-order chi connectivity index (χ1) is 14.6. The largest absolute Gasteiger partial charge is 0.490 e. The Labute approximate surface area is 179 Å². The Morgan fingerprint density at radius 1 is 0.900 bits per heavy atom. The van der Waals surface area contributed by atoms with Gasteiger partial charge < -0.3 is 19.1 Å². The van der Waals surface area contributed by atoms with Crippen molar-refractivity contribution in [1.29, 1.82) is 0 Å². The number of benzene rings is 2. The van der Waals surface area contributed by atoms with E-state index in [4.69, 9.17) is 14.2 Å². The first-order valence-corrected chi connectivity index (χ1v) is 10.3. The number of hydrogen-bond acceptors (Lipinski definition) is 6. The van der Waals surface area contributed by atoms with Crippen LogP contribution in [0, 0.1) is 0 Å². The van der Waals surface area contributed by atoms with E-state index in [-0.39, 0.29) is 24.7 Å². The molecule has 156 valence electrons. The summed E-state index contributed by atoms with van der Waals surface area (Å²) in [5.74, 6) is 0.261. The zero-order chi connectivity index (χ0) is 21.2. The number of likely N-dealkylation sites (N-methyl/N-ethyl adjacent to an activating group) is 1. The van der Waals surface area contributed by atoms with Gasteiger partial charge in [0, 0.05) is 11.9 Å². The minimum atomic E-state index is -0.604. The van der Waals surface area contributed by atoms with Crippen LogP contribution < -0.4 is 9.47 Å². The zero-order valence-electron chi connectivity index (χ0n) is 16.7. The molecule has 2 aromatic carbocycles. The van der Waals surface area contributed by atoms with Gasteiger partial charge in [0.1, 0.15) is 30.3 Å². The second-order valence-electron chi connectivity index (χ2n) is 6.41. The van der Waals surface area contributed by atoms with E-state index in [0.29, 0.717) is 18.9 Å². The average molecular weight is 426 g/mol. The molecule has 0 aliphatic heterocycles. The number of carbonyl (C=O) groups excluding carboxylic acids is 2. The summed E-state index contributed by atoms with van der Waals surface area (Å²) in [5, 5.41) is 1.95. The lowest BCUT2D eigenvalue weighted by atomic mass is 10.2. The summed E-state index contributed by atoms with van der Waals surface area (Å²) in [6, 6.07) is 20.1. The average Bonchev–Trinajstić information content (AvgIpc) is 3.29. The minimum absolute atomic E-state index is 0.266. The fourth-order valence-corrected chi connectivity index (χ4v) is 3.39. The van der Waals surface area contributed by atoms with Crippen molar-refractivity contribution in [2.45, 2.75) is 6.54 Å². The SMILES string of the molecule is CN(Cc1cccs1)C(=O)COC(=O)c1ccccc1OCCOc1ccccc1. The molecule has 1 heterocycles. The Bertz CT molecular complexity index is 943. The Hall–Kier alpha value is -3.32. The second kappa shape index (κ2) is 11.0. The van der Waals surface area contributed by atoms with E-state index in [1.54, 1.807) is 42.6 Å². The number of amides is 1. The predicted molar refractivity (Wildman–Crippen MR) is 115 cm³/mol. The molecule has 0 spiro atoms. The summed E-state index contributed by atoms with van der Waals surface area (Å²) >= 11 is 1.57. The highest BCUT2D eigenvalue weighted by Crippen LogP contribution is 2.19. The van der Waals surface area contributed by atoms with Gasteiger partial charge >= 0.3 is 5.97 Å². The molecule has 0 N–H and O–H groups in total. The molecule has 3 aromatic rings. The molecule has 3 rings (SSSR count). The maximum absolute atomic E-state index is 12.5. The van der Waals surface area contributed by atoms with Crippen molar-refractivity contribution in [3.63, 3.8) is 0 Å². The number of hydrogen-bond donors (Lipinski definition) is 0. The molecule has 0 aliphatic carbocycles. The zero-order valence-corrected chi connectivity index (χ0v) is 17.5. The highest BCUT2D eigenvalue weighted by Gasteiger charge is 2.17. The topological polar surface area (TPSA) is 65.1 Å². The van der Waals surface area contributed by atoms with Gasteiger partial charge in [0.15, 0.2) is 6.61 Å². The van der Waals surface area contributed by atoms with Gasteiger partial charge in [-0.25, -0.2) is 4.79 Å². The molecule has 30 heavy (non-hydrogen) atoms. The summed E-state index contributed by atoms with van der Waals surface area (Å²) in [4.78, 5) is 27.3. The number of ether oxygens (including phenoxy) is 3. The van der Waals surface area contributed by atoms with Gasteiger partial charge in [-0.2, -0.15) is 0 Å². The number of rotatable bonds is 10. The third-order valence-corrected chi connectivity index (χ3v) is 5.05. The van der Waals surface area contributed by atoms with Crippen molar-refractivity contribution in [3.05, 3.63) is 82.6 Å². The molecule has 0 unspecified atom stereocenters. The van der Waals surface area contributed by atoms with Gasteiger partial charge in [-0.1, -0.05) is 36.4 Å². The molecule has 0 saturated heterocycles. The molecule has 1 amide bonds. The van der Waals surface area contributed by atoms with Crippen LogP contribution in [-0.4, -0.2) is 43.6 Å². The standard InChI is InChI=1S/C23H23NO5S/c1-24(16-19-10-7-15-30-19)22(25)17-29-23(26)20-11-5-6-12-21(20)28-14-13-27-18-8-3-2-4-9-18/h2-12,15H,13-14,16-17H2,1H3. The van der Waals surface area contributed by atoms with Gasteiger partial charge in [0.05, 0.1) is 6.54 Å². The molecule has 0 radical (unpaired) electrons. The smallest absolute Gasteiger partial charge is 0.342 e. The quantitative estimate of drug-likeness (QED) is 0.363. The van der Waals surface area contributed by atoms with Crippen molar-refractivity contribution < 1.29 is 23.8 Å². The van der Waals surface area contributed by atoms with E-state index >= 15 is 0 Å². The first kappa shape index (κ1) is 21.4. The van der Waals surface area contributed by atoms with E-state index in [2.05, 4.69) is 0 Å². The highest BCUT2D eigenvalue weighted by molar-refractivity contribution is 7.09. The first-order valence-electron chi connectivity index (χ1n) is 9.46. The maximum atomic E-state index is 12.5. The van der Waals surface area contributed by atoms with E-state index in [1.807, 2.05) is 47.8 Å². The van der Waals surface area contributed by atoms with E-state index in [0.717, 1.165) is 10.6 Å². The molecular weight excluding hydrogens is 402 g/mol. The van der Waals surface area contributed by atoms with Crippen LogP contribution >= 0.6 is 11.3 Å². The summed E-state index contributed by atoms with van der Waals surface area (Å²) in [7, 11) is 1.68. The fourth-order valence-electron chi connectivity index (χ4n) is 2.63. The predicted octanol–water partition coefficient (Wildman–Crippen LogP) is 4.02. The highest BCUT2D eigenvalue weighted by atomic mass is 32.1. The Morgan fingerprint density at radius 2 is 1.63 bits per heavy atom. The molecule has 0 aliphatic rings. The summed E-state index contributed by atoms with van der Waals surface area (Å²) in [6.07, 6.45) is 0. The van der Waals surface area contributed by atoms with Gasteiger partial charge in [0.2, 0.25) is 0 Å². The molecule has 0 saturated carbocycles. The second-order valence-corrected chi connectivity index (χ2v) is 7.44. The lowest BCUT2D eigenvalue weighted by molar-refractivity contribution is -0.133. The van der Waals surface area contributed by atoms with Crippen molar-refractivity contribution >= 4 is 23.2 Å². The number of esters is 1. The number of carbonyl (C=O) groups is 2. The van der Waals surface area contributed by atoms with Crippen LogP contribution in [0.15, 0.2) is 72.1 Å². The van der Waals surface area contributed by atoms with Crippen molar-refractivity contribution in [3.8, 4) is 11.5 Å². The van der Waals surface area contributed by atoms with Crippen LogP contribution in [0.25, 0.3) is 0 Å².